The monoisotopic (exact) mass is 382 g/mol. The van der Waals surface area contributed by atoms with Crippen molar-refractivity contribution in [1.82, 2.24) is 10.9 Å². The van der Waals surface area contributed by atoms with Crippen LogP contribution in [-0.2, 0) is 19.1 Å². The van der Waals surface area contributed by atoms with Crippen molar-refractivity contribution in [3.63, 3.8) is 0 Å². The number of ether oxygens (including phenoxy) is 2. The van der Waals surface area contributed by atoms with Gasteiger partial charge in [-0.2, -0.15) is 0 Å². The Morgan fingerprint density at radius 2 is 1.43 bits per heavy atom. The molecule has 0 aliphatic heterocycles. The number of hydrazine groups is 1. The van der Waals surface area contributed by atoms with Crippen molar-refractivity contribution in [3.05, 3.63) is 59.7 Å². The summed E-state index contributed by atoms with van der Waals surface area (Å²) in [5.41, 5.74) is 7.62. The van der Waals surface area contributed by atoms with E-state index in [-0.39, 0.29) is 12.5 Å². The van der Waals surface area contributed by atoms with Crippen molar-refractivity contribution >= 4 is 18.0 Å². The lowest BCUT2D eigenvalue weighted by atomic mass is 9.98. The third kappa shape index (κ3) is 4.31. The Morgan fingerprint density at radius 3 is 1.96 bits per heavy atom. The summed E-state index contributed by atoms with van der Waals surface area (Å²) in [6.45, 7) is 5.01. The normalized spacial score (nSPS) is 12.5. The van der Waals surface area contributed by atoms with E-state index in [1.807, 2.05) is 54.0 Å². The number of hydrogen-bond acceptors (Lipinski definition) is 5. The van der Waals surface area contributed by atoms with E-state index in [1.54, 1.807) is 20.8 Å². The Bertz CT molecular complexity index is 872. The minimum absolute atomic E-state index is 0.0975. The standard InChI is InChI=1S/C21H22N2O5/c1-21(2,3)28-19(25)18(24)22-23-20(26)27-12-17-15-10-6-4-8-13(15)14-9-5-7-11-16(14)17/h4-11,17H,12H2,1-3H3,(H,22,24)(H,23,26). The molecule has 0 fully saturated rings. The number of amides is 2. The first-order valence-electron chi connectivity index (χ1n) is 8.90. The van der Waals surface area contributed by atoms with Crippen molar-refractivity contribution < 1.29 is 23.9 Å². The van der Waals surface area contributed by atoms with Crippen molar-refractivity contribution in [2.45, 2.75) is 32.3 Å². The van der Waals surface area contributed by atoms with E-state index in [9.17, 15) is 14.4 Å². The fourth-order valence-corrected chi connectivity index (χ4v) is 3.12. The quantitative estimate of drug-likeness (QED) is 0.473. The van der Waals surface area contributed by atoms with Gasteiger partial charge in [0.15, 0.2) is 0 Å². The topological polar surface area (TPSA) is 93.7 Å². The van der Waals surface area contributed by atoms with Gasteiger partial charge in [0, 0.05) is 5.92 Å². The minimum Gasteiger partial charge on any atom is -0.453 e. The van der Waals surface area contributed by atoms with Crippen molar-refractivity contribution in [2.24, 2.45) is 0 Å². The van der Waals surface area contributed by atoms with Crippen molar-refractivity contribution in [2.75, 3.05) is 6.61 Å². The second-order valence-electron chi connectivity index (χ2n) is 7.41. The molecule has 2 N–H and O–H groups in total. The number of carbonyl (C=O) groups is 3. The van der Waals surface area contributed by atoms with Gasteiger partial charge >= 0.3 is 18.0 Å². The summed E-state index contributed by atoms with van der Waals surface area (Å²) in [5, 5.41) is 0. The Morgan fingerprint density at radius 1 is 0.893 bits per heavy atom. The molecule has 2 amide bonds. The van der Waals surface area contributed by atoms with E-state index in [4.69, 9.17) is 9.47 Å². The number of hydrogen-bond donors (Lipinski definition) is 2. The van der Waals surface area contributed by atoms with E-state index in [0.717, 1.165) is 22.3 Å². The summed E-state index contributed by atoms with van der Waals surface area (Å²) in [7, 11) is 0. The molecular formula is C21H22N2O5. The maximum absolute atomic E-state index is 11.9. The van der Waals surface area contributed by atoms with Crippen LogP contribution in [0, 0.1) is 0 Å². The largest absolute Gasteiger partial charge is 0.453 e. The van der Waals surface area contributed by atoms with Crippen LogP contribution in [0.3, 0.4) is 0 Å². The van der Waals surface area contributed by atoms with Crippen LogP contribution in [0.2, 0.25) is 0 Å². The molecule has 0 atom stereocenters. The van der Waals surface area contributed by atoms with E-state index in [2.05, 4.69) is 5.43 Å². The lowest BCUT2D eigenvalue weighted by Crippen LogP contribution is -2.47. The molecule has 7 heteroatoms. The van der Waals surface area contributed by atoms with Crippen LogP contribution in [0.1, 0.15) is 37.8 Å². The van der Waals surface area contributed by atoms with Crippen molar-refractivity contribution in [3.8, 4) is 11.1 Å². The first-order chi connectivity index (χ1) is 13.3. The summed E-state index contributed by atoms with van der Waals surface area (Å²) in [5.74, 6) is -2.27. The highest BCUT2D eigenvalue weighted by molar-refractivity contribution is 6.32. The maximum atomic E-state index is 11.9. The number of rotatable bonds is 2. The van der Waals surface area contributed by atoms with Gasteiger partial charge in [0.1, 0.15) is 12.2 Å². The number of benzene rings is 2. The van der Waals surface area contributed by atoms with Crippen LogP contribution in [0.25, 0.3) is 11.1 Å². The van der Waals surface area contributed by atoms with E-state index < -0.39 is 23.6 Å². The van der Waals surface area contributed by atoms with Crippen LogP contribution in [0.5, 0.6) is 0 Å². The molecule has 0 spiro atoms. The summed E-state index contributed by atoms with van der Waals surface area (Å²) >= 11 is 0. The first-order valence-corrected chi connectivity index (χ1v) is 8.90. The van der Waals surface area contributed by atoms with Gasteiger partial charge in [-0.25, -0.2) is 15.0 Å². The number of esters is 1. The Labute approximate surface area is 163 Å². The smallest absolute Gasteiger partial charge is 0.426 e. The lowest BCUT2D eigenvalue weighted by Gasteiger charge is -2.19. The summed E-state index contributed by atoms with van der Waals surface area (Å²) in [6, 6.07) is 15.9. The van der Waals surface area contributed by atoms with Crippen LogP contribution in [-0.4, -0.2) is 30.2 Å². The van der Waals surface area contributed by atoms with Gasteiger partial charge in [0.2, 0.25) is 0 Å². The molecule has 0 aromatic heterocycles. The van der Waals surface area contributed by atoms with Gasteiger partial charge in [-0.15, -0.1) is 0 Å². The van der Waals surface area contributed by atoms with E-state index >= 15 is 0 Å². The molecule has 0 heterocycles. The fraction of sp³-hybridized carbons (Fsp3) is 0.286. The SMILES string of the molecule is CC(C)(C)OC(=O)C(=O)NNC(=O)OCC1c2ccccc2-c2ccccc21. The average molecular weight is 382 g/mol. The van der Waals surface area contributed by atoms with E-state index in [0.29, 0.717) is 0 Å². The molecule has 28 heavy (non-hydrogen) atoms. The Balaban J connectivity index is 1.57. The van der Waals surface area contributed by atoms with Gasteiger partial charge in [0.05, 0.1) is 0 Å². The molecule has 0 unspecified atom stereocenters. The highest BCUT2D eigenvalue weighted by atomic mass is 16.6. The van der Waals surface area contributed by atoms with Gasteiger partial charge in [-0.05, 0) is 43.0 Å². The summed E-state index contributed by atoms with van der Waals surface area (Å²) < 4.78 is 10.2. The van der Waals surface area contributed by atoms with Crippen molar-refractivity contribution in [1.29, 1.82) is 0 Å². The molecule has 0 saturated heterocycles. The molecule has 2 aromatic carbocycles. The molecule has 1 aliphatic rings. The molecular weight excluding hydrogens is 360 g/mol. The third-order valence-electron chi connectivity index (χ3n) is 4.21. The predicted molar refractivity (Wildman–Crippen MR) is 102 cm³/mol. The van der Waals surface area contributed by atoms with Gasteiger partial charge in [-0.1, -0.05) is 48.5 Å². The average Bonchev–Trinajstić information content (AvgIpc) is 2.97. The Hall–Kier alpha value is -3.35. The minimum atomic E-state index is -1.09. The second-order valence-corrected chi connectivity index (χ2v) is 7.41. The molecule has 0 saturated carbocycles. The van der Waals surface area contributed by atoms with Gasteiger partial charge in [-0.3, -0.25) is 10.2 Å². The molecule has 7 nitrogen and oxygen atoms in total. The molecule has 0 radical (unpaired) electrons. The zero-order chi connectivity index (χ0) is 20.3. The maximum Gasteiger partial charge on any atom is 0.426 e. The zero-order valence-electron chi connectivity index (χ0n) is 15.9. The van der Waals surface area contributed by atoms with Crippen LogP contribution >= 0.6 is 0 Å². The van der Waals surface area contributed by atoms with Crippen LogP contribution in [0.4, 0.5) is 4.79 Å². The summed E-state index contributed by atoms with van der Waals surface area (Å²) in [6.07, 6.45) is -0.862. The van der Waals surface area contributed by atoms with E-state index in [1.165, 1.54) is 0 Å². The van der Waals surface area contributed by atoms with Gasteiger partial charge < -0.3 is 9.47 Å². The first kappa shape index (κ1) is 19.4. The summed E-state index contributed by atoms with van der Waals surface area (Å²) in [4.78, 5) is 35.2. The predicted octanol–water partition coefficient (Wildman–Crippen LogP) is 2.90. The highest BCUT2D eigenvalue weighted by Gasteiger charge is 2.29. The fourth-order valence-electron chi connectivity index (χ4n) is 3.12. The molecule has 1 aliphatic carbocycles. The molecule has 0 bridgehead atoms. The molecule has 2 aromatic rings. The highest BCUT2D eigenvalue weighted by Crippen LogP contribution is 2.44. The zero-order valence-corrected chi connectivity index (χ0v) is 15.9. The second kappa shape index (κ2) is 7.72. The Kier molecular flexibility index (Phi) is 5.35. The van der Waals surface area contributed by atoms with Crippen LogP contribution < -0.4 is 10.9 Å². The number of nitrogens with one attached hydrogen (secondary N) is 2. The number of carbonyl (C=O) groups excluding carboxylic acids is 3. The third-order valence-corrected chi connectivity index (χ3v) is 4.21. The lowest BCUT2D eigenvalue weighted by molar-refractivity contribution is -0.163. The van der Waals surface area contributed by atoms with Gasteiger partial charge in [0.25, 0.3) is 0 Å². The number of fused-ring (bicyclic) bond motifs is 3. The van der Waals surface area contributed by atoms with Crippen LogP contribution in [0.15, 0.2) is 48.5 Å². The molecule has 3 rings (SSSR count). The molecule has 146 valence electrons.